The van der Waals surface area contributed by atoms with Crippen LogP contribution in [0.1, 0.15) is 16.7 Å². The molecule has 0 saturated carbocycles. The molecule has 19 heavy (non-hydrogen) atoms. The molecule has 0 atom stereocenters. The quantitative estimate of drug-likeness (QED) is 0.465. The van der Waals surface area contributed by atoms with Gasteiger partial charge in [0.15, 0.2) is 7.05 Å². The lowest BCUT2D eigenvalue weighted by atomic mass is 9.99. The highest BCUT2D eigenvalue weighted by molar-refractivity contribution is 6.19. The minimum atomic E-state index is 0.195. The summed E-state index contributed by atoms with van der Waals surface area (Å²) in [5.74, 6) is 0.195. The van der Waals surface area contributed by atoms with E-state index >= 15 is 0 Å². The molecular formula is C16H14NO2+. The van der Waals surface area contributed by atoms with Gasteiger partial charge >= 0.3 is 0 Å². The average Bonchev–Trinajstić information content (AvgIpc) is 2.78. The molecule has 0 unspecified atom stereocenters. The van der Waals surface area contributed by atoms with E-state index < -0.39 is 0 Å². The molecule has 2 N–H and O–H groups in total. The summed E-state index contributed by atoms with van der Waals surface area (Å²) in [6.07, 6.45) is 1.93. The van der Waals surface area contributed by atoms with E-state index in [1.54, 1.807) is 19.2 Å². The first-order valence-electron chi connectivity index (χ1n) is 6.07. The molecule has 0 amide bonds. The number of benzene rings is 2. The fourth-order valence-electron chi connectivity index (χ4n) is 2.40. The average molecular weight is 252 g/mol. The molecule has 2 aromatic carbocycles. The van der Waals surface area contributed by atoms with Gasteiger partial charge in [-0.3, -0.25) is 5.21 Å². The number of hydroxylamine groups is 1. The molecule has 2 aromatic rings. The van der Waals surface area contributed by atoms with E-state index in [9.17, 15) is 10.3 Å². The van der Waals surface area contributed by atoms with E-state index in [1.807, 2.05) is 42.5 Å². The molecule has 0 radical (unpaired) electrons. The number of hydrogen-bond donors (Lipinski definition) is 2. The lowest BCUT2D eigenvalue weighted by Crippen LogP contribution is -2.10. The Balaban J connectivity index is 2.25. The summed E-state index contributed by atoms with van der Waals surface area (Å²) in [7, 11) is 1.58. The van der Waals surface area contributed by atoms with E-state index in [-0.39, 0.29) is 5.75 Å². The molecule has 0 fully saturated rings. The normalized spacial score (nSPS) is 15.9. The van der Waals surface area contributed by atoms with Crippen molar-refractivity contribution in [1.29, 1.82) is 0 Å². The van der Waals surface area contributed by atoms with Gasteiger partial charge in [-0.1, -0.05) is 30.3 Å². The predicted octanol–water partition coefficient (Wildman–Crippen LogP) is 2.66. The molecule has 94 valence electrons. The number of nitrogens with zero attached hydrogens (tertiary/aromatic N) is 1. The molecule has 0 aliphatic heterocycles. The number of hydrogen-bond acceptors (Lipinski definition) is 2. The van der Waals surface area contributed by atoms with Crippen LogP contribution in [0.3, 0.4) is 0 Å². The van der Waals surface area contributed by atoms with Gasteiger partial charge < -0.3 is 5.11 Å². The van der Waals surface area contributed by atoms with Crippen molar-refractivity contribution in [2.75, 3.05) is 7.05 Å². The molecule has 3 nitrogen and oxygen atoms in total. The highest BCUT2D eigenvalue weighted by Crippen LogP contribution is 2.34. The molecular weight excluding hydrogens is 238 g/mol. The zero-order chi connectivity index (χ0) is 13.4. The minimum absolute atomic E-state index is 0.195. The van der Waals surface area contributed by atoms with Crippen LogP contribution in [0.5, 0.6) is 5.75 Å². The highest BCUT2D eigenvalue weighted by Gasteiger charge is 2.27. The Kier molecular flexibility index (Phi) is 2.60. The van der Waals surface area contributed by atoms with Crippen LogP contribution in [0.25, 0.3) is 5.57 Å². The number of aromatic hydroxyl groups is 1. The zero-order valence-corrected chi connectivity index (χ0v) is 10.5. The monoisotopic (exact) mass is 252 g/mol. The number of phenols is 1. The summed E-state index contributed by atoms with van der Waals surface area (Å²) >= 11 is 0. The summed E-state index contributed by atoms with van der Waals surface area (Å²) in [6.45, 7) is 0. The second kappa shape index (κ2) is 4.28. The largest absolute Gasteiger partial charge is 0.508 e. The second-order valence-electron chi connectivity index (χ2n) is 4.56. The fraction of sp³-hybridized carbons (Fsp3) is 0.0625. The fourth-order valence-corrected chi connectivity index (χ4v) is 2.40. The molecule has 0 aromatic heterocycles. The van der Waals surface area contributed by atoms with E-state index in [2.05, 4.69) is 0 Å². The Hall–Kier alpha value is -2.55. The van der Waals surface area contributed by atoms with Gasteiger partial charge in [0.25, 0.3) is 5.71 Å². The smallest absolute Gasteiger partial charge is 0.258 e. The number of phenolic OH excluding ortho intramolecular Hbond substituents is 1. The van der Waals surface area contributed by atoms with E-state index in [1.165, 1.54) is 0 Å². The van der Waals surface area contributed by atoms with E-state index in [4.69, 9.17) is 0 Å². The van der Waals surface area contributed by atoms with Crippen molar-refractivity contribution in [3.63, 3.8) is 0 Å². The third-order valence-electron chi connectivity index (χ3n) is 3.28. The van der Waals surface area contributed by atoms with Crippen LogP contribution in [0, 0.1) is 0 Å². The Morgan fingerprint density at radius 3 is 2.37 bits per heavy atom. The summed E-state index contributed by atoms with van der Waals surface area (Å²) < 4.78 is 1.08. The third kappa shape index (κ3) is 1.89. The van der Waals surface area contributed by atoms with Crippen LogP contribution in [0.2, 0.25) is 0 Å². The number of rotatable bonds is 1. The van der Waals surface area contributed by atoms with Gasteiger partial charge in [0.05, 0.1) is 5.56 Å². The van der Waals surface area contributed by atoms with Crippen molar-refractivity contribution in [3.8, 4) is 5.75 Å². The predicted molar refractivity (Wildman–Crippen MR) is 73.7 cm³/mol. The topological polar surface area (TPSA) is 43.5 Å². The van der Waals surface area contributed by atoms with Gasteiger partial charge in [0.2, 0.25) is 0 Å². The van der Waals surface area contributed by atoms with Gasteiger partial charge in [-0.25, -0.2) is 0 Å². The third-order valence-corrected chi connectivity index (χ3v) is 3.28. The molecule has 1 aliphatic rings. The van der Waals surface area contributed by atoms with Crippen LogP contribution in [0.15, 0.2) is 54.6 Å². The lowest BCUT2D eigenvalue weighted by molar-refractivity contribution is -0.753. The van der Waals surface area contributed by atoms with Crippen LogP contribution in [-0.2, 0) is 0 Å². The first kappa shape index (κ1) is 11.5. The van der Waals surface area contributed by atoms with Crippen molar-refractivity contribution in [2.24, 2.45) is 0 Å². The van der Waals surface area contributed by atoms with Crippen LogP contribution in [-0.4, -0.2) is 27.8 Å². The summed E-state index contributed by atoms with van der Waals surface area (Å²) in [5.41, 5.74) is 4.67. The van der Waals surface area contributed by atoms with Crippen molar-refractivity contribution < 1.29 is 15.1 Å². The number of fused-ring (bicyclic) bond motifs is 1. The van der Waals surface area contributed by atoms with Crippen molar-refractivity contribution in [1.82, 2.24) is 0 Å². The Morgan fingerprint density at radius 2 is 1.68 bits per heavy atom. The summed E-state index contributed by atoms with van der Waals surface area (Å²) in [6, 6.07) is 15.2. The molecule has 3 heteroatoms. The van der Waals surface area contributed by atoms with Gasteiger partial charge in [-0.05, 0) is 39.6 Å². The SMILES string of the molecule is C/[N+](O)=C1/C=C(c2ccccc2)c2ccc(O)cc21. The van der Waals surface area contributed by atoms with E-state index in [0.717, 1.165) is 27.0 Å². The first-order valence-corrected chi connectivity index (χ1v) is 6.07. The van der Waals surface area contributed by atoms with Crippen LogP contribution < -0.4 is 0 Å². The van der Waals surface area contributed by atoms with Crippen molar-refractivity contribution in [2.45, 2.75) is 0 Å². The lowest BCUT2D eigenvalue weighted by Gasteiger charge is -2.04. The summed E-state index contributed by atoms with van der Waals surface area (Å²) in [5, 5.41) is 19.3. The molecule has 0 bridgehead atoms. The van der Waals surface area contributed by atoms with Crippen molar-refractivity contribution in [3.05, 3.63) is 71.3 Å². The Bertz CT molecular complexity index is 696. The first-order chi connectivity index (χ1) is 9.16. The minimum Gasteiger partial charge on any atom is -0.508 e. The molecule has 0 spiro atoms. The maximum absolute atomic E-state index is 9.72. The van der Waals surface area contributed by atoms with Gasteiger partial charge in [0.1, 0.15) is 5.75 Å². The Labute approximate surface area is 111 Å². The van der Waals surface area contributed by atoms with E-state index in [0.29, 0.717) is 5.71 Å². The molecule has 3 rings (SSSR count). The van der Waals surface area contributed by atoms with Crippen molar-refractivity contribution >= 4 is 11.3 Å². The second-order valence-corrected chi connectivity index (χ2v) is 4.56. The molecule has 0 saturated heterocycles. The number of allylic oxidation sites excluding steroid dienone is 1. The van der Waals surface area contributed by atoms with Gasteiger partial charge in [-0.2, -0.15) is 0 Å². The van der Waals surface area contributed by atoms with Gasteiger partial charge in [-0.15, -0.1) is 0 Å². The maximum Gasteiger partial charge on any atom is 0.258 e. The zero-order valence-electron chi connectivity index (χ0n) is 10.5. The summed E-state index contributed by atoms with van der Waals surface area (Å²) in [4.78, 5) is 0. The molecule has 0 heterocycles. The maximum atomic E-state index is 9.72. The van der Waals surface area contributed by atoms with Crippen LogP contribution >= 0.6 is 0 Å². The molecule has 1 aliphatic carbocycles. The standard InChI is InChI=1S/C16H13NO2/c1-17(19)16-10-14(11-5-3-2-4-6-11)13-8-7-12(18)9-15(13)16/h2-10,19H,1H3/p+1. The van der Waals surface area contributed by atoms with Crippen LogP contribution in [0.4, 0.5) is 0 Å². The highest BCUT2D eigenvalue weighted by atomic mass is 16.5. The van der Waals surface area contributed by atoms with Gasteiger partial charge in [0, 0.05) is 6.08 Å². The Morgan fingerprint density at radius 1 is 0.947 bits per heavy atom.